The van der Waals surface area contributed by atoms with Crippen LogP contribution in [0.4, 0.5) is 18.9 Å². The number of halogens is 3. The first-order valence-corrected chi connectivity index (χ1v) is 8.98. The van der Waals surface area contributed by atoms with Crippen LogP contribution >= 0.6 is 0 Å². The summed E-state index contributed by atoms with van der Waals surface area (Å²) in [5.74, 6) is -1.13. The van der Waals surface area contributed by atoms with Crippen molar-refractivity contribution in [3.8, 4) is 0 Å². The van der Waals surface area contributed by atoms with Crippen LogP contribution in [0.3, 0.4) is 0 Å². The lowest BCUT2D eigenvalue weighted by molar-refractivity contribution is -0.137. The number of rotatable bonds is 9. The van der Waals surface area contributed by atoms with Gasteiger partial charge in [-0.15, -0.1) is 0 Å². The second-order valence-corrected chi connectivity index (χ2v) is 6.93. The predicted molar refractivity (Wildman–Crippen MR) is 86.2 cm³/mol. The summed E-state index contributed by atoms with van der Waals surface area (Å²) < 4.78 is 68.6. The van der Waals surface area contributed by atoms with Crippen LogP contribution in [0.1, 0.15) is 18.1 Å². The van der Waals surface area contributed by atoms with E-state index >= 15 is 0 Å². The number of nitrogens with one attached hydrogen (secondary N) is 2. The minimum Gasteiger partial charge on any atom is -0.381 e. The second-order valence-electron chi connectivity index (χ2n) is 5.01. The van der Waals surface area contributed by atoms with Crippen molar-refractivity contribution < 1.29 is 31.1 Å². The van der Waals surface area contributed by atoms with Crippen molar-refractivity contribution in [1.29, 1.82) is 0 Å². The van der Waals surface area contributed by atoms with Crippen molar-refractivity contribution in [3.05, 3.63) is 29.3 Å². The normalized spacial score (nSPS) is 12.2. The molecule has 0 spiro atoms. The monoisotopic (exact) mass is 383 g/mol. The SMILES string of the molecule is CCOCCS(=O)(=O)NCC(=O)Nc1cc(CN)cc(C(F)(F)F)c1. The van der Waals surface area contributed by atoms with E-state index in [0.717, 1.165) is 12.1 Å². The Labute approximate surface area is 143 Å². The van der Waals surface area contributed by atoms with E-state index in [2.05, 4.69) is 5.32 Å². The zero-order valence-corrected chi connectivity index (χ0v) is 14.3. The van der Waals surface area contributed by atoms with Gasteiger partial charge in [0.2, 0.25) is 15.9 Å². The Morgan fingerprint density at radius 3 is 2.52 bits per heavy atom. The molecule has 0 radical (unpaired) electrons. The highest BCUT2D eigenvalue weighted by molar-refractivity contribution is 7.89. The van der Waals surface area contributed by atoms with Gasteiger partial charge < -0.3 is 15.8 Å². The van der Waals surface area contributed by atoms with Gasteiger partial charge in [-0.3, -0.25) is 4.79 Å². The molecule has 0 heterocycles. The van der Waals surface area contributed by atoms with Crippen LogP contribution in [0, 0.1) is 0 Å². The fourth-order valence-corrected chi connectivity index (χ4v) is 2.64. The van der Waals surface area contributed by atoms with Gasteiger partial charge in [-0.2, -0.15) is 13.2 Å². The van der Waals surface area contributed by atoms with E-state index in [1.54, 1.807) is 6.92 Å². The minimum atomic E-state index is -4.59. The lowest BCUT2D eigenvalue weighted by atomic mass is 10.1. The van der Waals surface area contributed by atoms with Gasteiger partial charge in [0.1, 0.15) is 0 Å². The number of carbonyl (C=O) groups is 1. The maximum atomic E-state index is 12.8. The maximum Gasteiger partial charge on any atom is 0.416 e. The zero-order chi connectivity index (χ0) is 19.1. The van der Waals surface area contributed by atoms with Gasteiger partial charge in [0.25, 0.3) is 0 Å². The first kappa shape index (κ1) is 21.4. The Hall–Kier alpha value is -1.69. The highest BCUT2D eigenvalue weighted by Gasteiger charge is 2.31. The van der Waals surface area contributed by atoms with E-state index in [1.165, 1.54) is 6.07 Å². The summed E-state index contributed by atoms with van der Waals surface area (Å²) >= 11 is 0. The average Bonchev–Trinajstić information content (AvgIpc) is 2.52. The molecule has 1 aromatic rings. The van der Waals surface area contributed by atoms with Crippen molar-refractivity contribution in [2.24, 2.45) is 5.73 Å². The summed E-state index contributed by atoms with van der Waals surface area (Å²) in [6.45, 7) is 1.29. The number of hydrogen-bond acceptors (Lipinski definition) is 5. The Kier molecular flexibility index (Phi) is 7.80. The summed E-state index contributed by atoms with van der Waals surface area (Å²) in [5, 5.41) is 2.22. The Balaban J connectivity index is 2.71. The standard InChI is InChI=1S/C14H20F3N3O4S/c1-2-24-3-4-25(22,23)19-9-13(21)20-12-6-10(8-18)5-11(7-12)14(15,16)17/h5-7,19H,2-4,8-9,18H2,1H3,(H,20,21). The van der Waals surface area contributed by atoms with Crippen LogP contribution < -0.4 is 15.8 Å². The van der Waals surface area contributed by atoms with E-state index in [0.29, 0.717) is 6.61 Å². The first-order chi connectivity index (χ1) is 11.6. The van der Waals surface area contributed by atoms with E-state index in [4.69, 9.17) is 10.5 Å². The number of hydrogen-bond donors (Lipinski definition) is 3. The Morgan fingerprint density at radius 1 is 1.28 bits per heavy atom. The molecule has 11 heteroatoms. The number of alkyl halides is 3. The van der Waals surface area contributed by atoms with E-state index < -0.39 is 34.2 Å². The zero-order valence-electron chi connectivity index (χ0n) is 13.5. The van der Waals surface area contributed by atoms with Crippen LogP contribution in [0.15, 0.2) is 18.2 Å². The van der Waals surface area contributed by atoms with Crippen LogP contribution in [0.2, 0.25) is 0 Å². The second kappa shape index (κ2) is 9.13. The molecular formula is C14H20F3N3O4S. The summed E-state index contributed by atoms with van der Waals surface area (Å²) in [7, 11) is -3.72. The fraction of sp³-hybridized carbons (Fsp3) is 0.500. The van der Waals surface area contributed by atoms with Gasteiger partial charge in [-0.25, -0.2) is 13.1 Å². The van der Waals surface area contributed by atoms with Crippen LogP contribution in [0.25, 0.3) is 0 Å². The van der Waals surface area contributed by atoms with Gasteiger partial charge in [0.15, 0.2) is 0 Å². The minimum absolute atomic E-state index is 0.0268. The number of carbonyl (C=O) groups excluding carboxylic acids is 1. The molecule has 1 amide bonds. The van der Waals surface area contributed by atoms with Gasteiger partial charge in [0.05, 0.1) is 24.5 Å². The van der Waals surface area contributed by atoms with E-state index in [9.17, 15) is 26.4 Å². The molecule has 7 nitrogen and oxygen atoms in total. The summed E-state index contributed by atoms with van der Waals surface area (Å²) in [6.07, 6.45) is -4.59. The molecule has 0 aliphatic heterocycles. The lowest BCUT2D eigenvalue weighted by Gasteiger charge is -2.13. The molecule has 4 N–H and O–H groups in total. The predicted octanol–water partition coefficient (Wildman–Crippen LogP) is 1.06. The average molecular weight is 383 g/mol. The smallest absolute Gasteiger partial charge is 0.381 e. The molecule has 142 valence electrons. The third-order valence-electron chi connectivity index (χ3n) is 2.99. The number of benzene rings is 1. The number of ether oxygens (including phenoxy) is 1. The number of anilines is 1. The van der Waals surface area contributed by atoms with Gasteiger partial charge >= 0.3 is 6.18 Å². The van der Waals surface area contributed by atoms with E-state index in [1.807, 2.05) is 4.72 Å². The maximum absolute atomic E-state index is 12.8. The largest absolute Gasteiger partial charge is 0.416 e. The van der Waals surface area contributed by atoms with Crippen molar-refractivity contribution in [2.45, 2.75) is 19.6 Å². The molecule has 0 atom stereocenters. The molecule has 25 heavy (non-hydrogen) atoms. The van der Waals surface area contributed by atoms with Gasteiger partial charge in [-0.1, -0.05) is 0 Å². The molecule has 0 unspecified atom stereocenters. The Bertz CT molecular complexity index is 693. The van der Waals surface area contributed by atoms with Crippen LogP contribution in [-0.2, 0) is 32.3 Å². The summed E-state index contributed by atoms with van der Waals surface area (Å²) in [4.78, 5) is 11.8. The van der Waals surface area contributed by atoms with Gasteiger partial charge in [-0.05, 0) is 30.7 Å². The number of sulfonamides is 1. The fourth-order valence-electron chi connectivity index (χ4n) is 1.81. The summed E-state index contributed by atoms with van der Waals surface area (Å²) in [6, 6.07) is 2.92. The molecule has 1 aromatic carbocycles. The van der Waals surface area contributed by atoms with Crippen molar-refractivity contribution >= 4 is 21.6 Å². The van der Waals surface area contributed by atoms with Crippen molar-refractivity contribution in [3.63, 3.8) is 0 Å². The lowest BCUT2D eigenvalue weighted by Crippen LogP contribution is -2.35. The van der Waals surface area contributed by atoms with Crippen LogP contribution in [0.5, 0.6) is 0 Å². The molecular weight excluding hydrogens is 363 g/mol. The molecule has 1 rings (SSSR count). The molecule has 0 saturated carbocycles. The third-order valence-corrected chi connectivity index (χ3v) is 4.28. The number of nitrogens with two attached hydrogens (primary N) is 1. The first-order valence-electron chi connectivity index (χ1n) is 7.33. The molecule has 0 bridgehead atoms. The summed E-state index contributed by atoms with van der Waals surface area (Å²) in [5.41, 5.74) is 4.46. The Morgan fingerprint density at radius 2 is 1.96 bits per heavy atom. The number of amides is 1. The topological polar surface area (TPSA) is 111 Å². The van der Waals surface area contributed by atoms with E-state index in [-0.39, 0.29) is 30.2 Å². The molecule has 0 aliphatic rings. The quantitative estimate of drug-likeness (QED) is 0.552. The molecule has 0 aliphatic carbocycles. The highest BCUT2D eigenvalue weighted by Crippen LogP contribution is 2.31. The third kappa shape index (κ3) is 7.82. The van der Waals surface area contributed by atoms with Crippen molar-refractivity contribution in [1.82, 2.24) is 4.72 Å². The van der Waals surface area contributed by atoms with Crippen LogP contribution in [-0.4, -0.2) is 39.8 Å². The molecule has 0 saturated heterocycles. The molecule has 0 fully saturated rings. The highest BCUT2D eigenvalue weighted by atomic mass is 32.2. The molecule has 0 aromatic heterocycles. The van der Waals surface area contributed by atoms with Gasteiger partial charge in [0, 0.05) is 18.8 Å². The van der Waals surface area contributed by atoms with Crippen molar-refractivity contribution in [2.75, 3.05) is 30.8 Å².